The van der Waals surface area contributed by atoms with Crippen molar-refractivity contribution in [2.45, 2.75) is 26.2 Å². The Morgan fingerprint density at radius 1 is 1.42 bits per heavy atom. The summed E-state index contributed by atoms with van der Waals surface area (Å²) >= 11 is 0. The first-order valence-electron chi connectivity index (χ1n) is 6.58. The normalized spacial score (nSPS) is 10.8. The molecule has 6 nitrogen and oxygen atoms in total. The molecule has 2 aromatic heterocycles. The standard InChI is InChI=1S/C13H19N5O/c1-2-4-11-16-17-12-6-5-10(9-18(11)12)13(19)15-8-3-7-14/h5-6,9H,2-4,7-8,14H2,1H3,(H,15,19). The minimum Gasteiger partial charge on any atom is -0.352 e. The van der Waals surface area contributed by atoms with Crippen LogP contribution in [0.4, 0.5) is 0 Å². The first-order chi connectivity index (χ1) is 9.26. The number of amides is 1. The molecule has 3 N–H and O–H groups in total. The van der Waals surface area contributed by atoms with Crippen LogP contribution < -0.4 is 11.1 Å². The van der Waals surface area contributed by atoms with Crippen molar-refractivity contribution in [2.24, 2.45) is 5.73 Å². The van der Waals surface area contributed by atoms with Crippen molar-refractivity contribution in [3.05, 3.63) is 29.7 Å². The fraction of sp³-hybridized carbons (Fsp3) is 0.462. The number of nitrogens with one attached hydrogen (secondary N) is 1. The highest BCUT2D eigenvalue weighted by molar-refractivity contribution is 5.94. The van der Waals surface area contributed by atoms with Crippen LogP contribution in [0.3, 0.4) is 0 Å². The van der Waals surface area contributed by atoms with Crippen molar-refractivity contribution >= 4 is 11.6 Å². The average Bonchev–Trinajstić information content (AvgIpc) is 2.82. The van der Waals surface area contributed by atoms with Gasteiger partial charge < -0.3 is 11.1 Å². The molecule has 0 bridgehead atoms. The summed E-state index contributed by atoms with van der Waals surface area (Å²) in [6, 6.07) is 3.57. The number of carbonyl (C=O) groups excluding carboxylic acids is 1. The van der Waals surface area contributed by atoms with Crippen molar-refractivity contribution in [3.8, 4) is 0 Å². The fourth-order valence-corrected chi connectivity index (χ4v) is 1.87. The molecule has 2 rings (SSSR count). The number of aryl methyl sites for hydroxylation is 1. The molecule has 0 aliphatic heterocycles. The van der Waals surface area contributed by atoms with Gasteiger partial charge in [0.25, 0.3) is 5.91 Å². The van der Waals surface area contributed by atoms with Gasteiger partial charge in [0.05, 0.1) is 5.56 Å². The van der Waals surface area contributed by atoms with Gasteiger partial charge >= 0.3 is 0 Å². The quantitative estimate of drug-likeness (QED) is 0.752. The summed E-state index contributed by atoms with van der Waals surface area (Å²) < 4.78 is 1.88. The largest absolute Gasteiger partial charge is 0.352 e. The second kappa shape index (κ2) is 6.29. The highest BCUT2D eigenvalue weighted by Crippen LogP contribution is 2.08. The Hall–Kier alpha value is -1.95. The molecule has 19 heavy (non-hydrogen) atoms. The zero-order valence-corrected chi connectivity index (χ0v) is 11.1. The molecule has 0 fully saturated rings. The highest BCUT2D eigenvalue weighted by atomic mass is 16.1. The van der Waals surface area contributed by atoms with E-state index in [0.717, 1.165) is 30.7 Å². The van der Waals surface area contributed by atoms with Crippen LogP contribution >= 0.6 is 0 Å². The third-order valence-corrected chi connectivity index (χ3v) is 2.88. The van der Waals surface area contributed by atoms with Gasteiger partial charge in [0.15, 0.2) is 5.65 Å². The molecular weight excluding hydrogens is 242 g/mol. The van der Waals surface area contributed by atoms with Crippen LogP contribution in [-0.2, 0) is 6.42 Å². The number of carbonyl (C=O) groups is 1. The first-order valence-corrected chi connectivity index (χ1v) is 6.58. The van der Waals surface area contributed by atoms with Gasteiger partial charge in [-0.3, -0.25) is 9.20 Å². The van der Waals surface area contributed by atoms with E-state index in [1.807, 2.05) is 10.5 Å². The number of aromatic nitrogens is 3. The third-order valence-electron chi connectivity index (χ3n) is 2.88. The van der Waals surface area contributed by atoms with Crippen LogP contribution in [0.25, 0.3) is 5.65 Å². The van der Waals surface area contributed by atoms with Crippen molar-refractivity contribution < 1.29 is 4.79 Å². The van der Waals surface area contributed by atoms with Gasteiger partial charge in [-0.1, -0.05) is 6.92 Å². The molecule has 0 radical (unpaired) electrons. The van der Waals surface area contributed by atoms with Crippen LogP contribution in [0.15, 0.2) is 18.3 Å². The van der Waals surface area contributed by atoms with E-state index in [9.17, 15) is 4.79 Å². The van der Waals surface area contributed by atoms with E-state index in [0.29, 0.717) is 18.7 Å². The number of pyridine rings is 1. The number of hydrogen-bond acceptors (Lipinski definition) is 4. The number of fused-ring (bicyclic) bond motifs is 1. The molecule has 102 valence electrons. The second-order valence-electron chi connectivity index (χ2n) is 4.41. The summed E-state index contributed by atoms with van der Waals surface area (Å²) in [5.41, 5.74) is 6.77. The summed E-state index contributed by atoms with van der Waals surface area (Å²) in [6.45, 7) is 3.26. The lowest BCUT2D eigenvalue weighted by Crippen LogP contribution is -2.26. The molecule has 1 amide bonds. The van der Waals surface area contributed by atoms with Gasteiger partial charge in [-0.15, -0.1) is 10.2 Å². The molecule has 0 saturated carbocycles. The van der Waals surface area contributed by atoms with Gasteiger partial charge in [-0.2, -0.15) is 0 Å². The molecule has 0 aromatic carbocycles. The van der Waals surface area contributed by atoms with E-state index in [-0.39, 0.29) is 5.91 Å². The predicted molar refractivity (Wildman–Crippen MR) is 73.0 cm³/mol. The van der Waals surface area contributed by atoms with E-state index in [1.54, 1.807) is 12.3 Å². The number of hydrogen-bond donors (Lipinski definition) is 2. The predicted octanol–water partition coefficient (Wildman–Crippen LogP) is 0.760. The summed E-state index contributed by atoms with van der Waals surface area (Å²) in [4.78, 5) is 11.9. The maximum absolute atomic E-state index is 11.9. The molecule has 0 aliphatic rings. The van der Waals surface area contributed by atoms with Gasteiger partial charge in [0, 0.05) is 19.2 Å². The Morgan fingerprint density at radius 2 is 2.26 bits per heavy atom. The minimum absolute atomic E-state index is 0.0912. The Morgan fingerprint density at radius 3 is 3.00 bits per heavy atom. The summed E-state index contributed by atoms with van der Waals surface area (Å²) in [6.07, 6.45) is 4.41. The zero-order valence-electron chi connectivity index (χ0n) is 11.1. The Balaban J connectivity index is 2.19. The van der Waals surface area contributed by atoms with Crippen molar-refractivity contribution in [1.29, 1.82) is 0 Å². The van der Waals surface area contributed by atoms with Crippen LogP contribution in [0, 0.1) is 0 Å². The van der Waals surface area contributed by atoms with Crippen molar-refractivity contribution in [2.75, 3.05) is 13.1 Å². The van der Waals surface area contributed by atoms with Gasteiger partial charge in [0.2, 0.25) is 0 Å². The molecule has 0 aliphatic carbocycles. The maximum atomic E-state index is 11.9. The molecule has 2 aromatic rings. The van der Waals surface area contributed by atoms with Gasteiger partial charge in [-0.05, 0) is 31.5 Å². The molecule has 0 saturated heterocycles. The first kappa shape index (κ1) is 13.5. The Kier molecular flexibility index (Phi) is 4.46. The monoisotopic (exact) mass is 261 g/mol. The fourth-order valence-electron chi connectivity index (χ4n) is 1.87. The van der Waals surface area contributed by atoms with Crippen LogP contribution in [-0.4, -0.2) is 33.6 Å². The Bertz CT molecular complexity index is 563. The molecule has 2 heterocycles. The summed E-state index contributed by atoms with van der Waals surface area (Å²) in [5, 5.41) is 11.0. The van der Waals surface area contributed by atoms with Crippen LogP contribution in [0.5, 0.6) is 0 Å². The van der Waals surface area contributed by atoms with E-state index in [1.165, 1.54) is 0 Å². The SMILES string of the molecule is CCCc1nnc2ccc(C(=O)NCCCN)cn12. The molecule has 6 heteroatoms. The van der Waals surface area contributed by atoms with Gasteiger partial charge in [-0.25, -0.2) is 0 Å². The lowest BCUT2D eigenvalue weighted by molar-refractivity contribution is 0.0953. The average molecular weight is 261 g/mol. The van der Waals surface area contributed by atoms with Crippen LogP contribution in [0.1, 0.15) is 35.9 Å². The smallest absolute Gasteiger partial charge is 0.252 e. The van der Waals surface area contributed by atoms with Crippen molar-refractivity contribution in [1.82, 2.24) is 19.9 Å². The van der Waals surface area contributed by atoms with Gasteiger partial charge in [0.1, 0.15) is 5.82 Å². The number of nitrogens with two attached hydrogens (primary N) is 1. The minimum atomic E-state index is -0.0912. The van der Waals surface area contributed by atoms with Crippen LogP contribution in [0.2, 0.25) is 0 Å². The molecule has 0 spiro atoms. The zero-order chi connectivity index (χ0) is 13.7. The third kappa shape index (κ3) is 3.08. The number of rotatable bonds is 6. The lowest BCUT2D eigenvalue weighted by atomic mass is 10.2. The molecular formula is C13H19N5O. The summed E-state index contributed by atoms with van der Waals surface area (Å²) in [5.74, 6) is 0.792. The maximum Gasteiger partial charge on any atom is 0.252 e. The highest BCUT2D eigenvalue weighted by Gasteiger charge is 2.09. The summed E-state index contributed by atoms with van der Waals surface area (Å²) in [7, 11) is 0. The van der Waals surface area contributed by atoms with E-state index >= 15 is 0 Å². The van der Waals surface area contributed by atoms with E-state index in [2.05, 4.69) is 22.4 Å². The number of nitrogens with zero attached hydrogens (tertiary/aromatic N) is 3. The van der Waals surface area contributed by atoms with E-state index in [4.69, 9.17) is 5.73 Å². The Labute approximate surface area is 112 Å². The second-order valence-corrected chi connectivity index (χ2v) is 4.41. The molecule has 0 atom stereocenters. The van der Waals surface area contributed by atoms with Crippen molar-refractivity contribution in [3.63, 3.8) is 0 Å². The molecule has 0 unspecified atom stereocenters. The van der Waals surface area contributed by atoms with E-state index < -0.39 is 0 Å². The topological polar surface area (TPSA) is 85.3 Å². The lowest BCUT2D eigenvalue weighted by Gasteiger charge is -2.05.